The molecule has 116 valence electrons. The van der Waals surface area contributed by atoms with Gasteiger partial charge in [0.2, 0.25) is 5.16 Å². The molecule has 1 fully saturated rings. The van der Waals surface area contributed by atoms with Crippen LogP contribution in [0, 0.1) is 0 Å². The predicted octanol–water partition coefficient (Wildman–Crippen LogP) is 2.58. The van der Waals surface area contributed by atoms with Gasteiger partial charge in [0, 0.05) is 17.9 Å². The first-order valence-electron chi connectivity index (χ1n) is 7.32. The molecule has 1 N–H and O–H groups in total. The van der Waals surface area contributed by atoms with E-state index >= 15 is 0 Å². The van der Waals surface area contributed by atoms with Crippen LogP contribution in [0.3, 0.4) is 0 Å². The average Bonchev–Trinajstić information content (AvgIpc) is 3.17. The number of thioether (sulfide) groups is 1. The summed E-state index contributed by atoms with van der Waals surface area (Å²) in [5.41, 5.74) is 2.33. The van der Waals surface area contributed by atoms with E-state index in [1.807, 2.05) is 12.1 Å². The van der Waals surface area contributed by atoms with Crippen molar-refractivity contribution in [1.29, 1.82) is 0 Å². The predicted molar refractivity (Wildman–Crippen MR) is 84.8 cm³/mol. The molecule has 1 aliphatic heterocycles. The van der Waals surface area contributed by atoms with Gasteiger partial charge in [-0.25, -0.2) is 9.78 Å². The van der Waals surface area contributed by atoms with Gasteiger partial charge in [0.05, 0.1) is 6.54 Å². The first-order chi connectivity index (χ1) is 10.8. The van der Waals surface area contributed by atoms with E-state index in [1.54, 1.807) is 4.90 Å². The molecule has 22 heavy (non-hydrogen) atoms. The highest BCUT2D eigenvalue weighted by atomic mass is 32.2. The molecular weight excluding hydrogens is 300 g/mol. The summed E-state index contributed by atoms with van der Waals surface area (Å²) in [5.74, 6) is 1.52. The Morgan fingerprint density at radius 3 is 2.86 bits per heavy atom. The van der Waals surface area contributed by atoms with Crippen molar-refractivity contribution in [1.82, 2.24) is 20.1 Å². The number of benzene rings is 1. The maximum Gasteiger partial charge on any atom is 0.409 e. The topological polar surface area (TPSA) is 71.1 Å². The van der Waals surface area contributed by atoms with Crippen LogP contribution in [0.15, 0.2) is 29.4 Å². The highest BCUT2D eigenvalue weighted by Crippen LogP contribution is 2.20. The summed E-state index contributed by atoms with van der Waals surface area (Å²) in [6.45, 7) is 3.94. The molecule has 0 bridgehead atoms. The molecule has 0 saturated carbocycles. The van der Waals surface area contributed by atoms with Gasteiger partial charge in [-0.3, -0.25) is 5.10 Å². The van der Waals surface area contributed by atoms with Gasteiger partial charge in [0.25, 0.3) is 0 Å². The number of rotatable bonds is 6. The van der Waals surface area contributed by atoms with Crippen molar-refractivity contribution < 1.29 is 9.53 Å². The fraction of sp³-hybridized carbons (Fsp3) is 0.400. The van der Waals surface area contributed by atoms with Crippen LogP contribution in [0.1, 0.15) is 12.5 Å². The Morgan fingerprint density at radius 1 is 1.36 bits per heavy atom. The Labute approximate surface area is 133 Å². The van der Waals surface area contributed by atoms with Crippen molar-refractivity contribution in [3.8, 4) is 11.4 Å². The van der Waals surface area contributed by atoms with Crippen LogP contribution in [-0.2, 0) is 11.2 Å². The van der Waals surface area contributed by atoms with Crippen molar-refractivity contribution in [2.45, 2.75) is 18.5 Å². The highest BCUT2D eigenvalue weighted by Gasteiger charge is 2.21. The van der Waals surface area contributed by atoms with Crippen LogP contribution < -0.4 is 0 Å². The smallest absolute Gasteiger partial charge is 0.409 e. The lowest BCUT2D eigenvalue weighted by Crippen LogP contribution is -2.26. The molecule has 1 aromatic carbocycles. The van der Waals surface area contributed by atoms with Gasteiger partial charge >= 0.3 is 6.09 Å². The molecule has 0 unspecified atom stereocenters. The van der Waals surface area contributed by atoms with Crippen LogP contribution in [0.4, 0.5) is 4.79 Å². The second-order valence-corrected chi connectivity index (χ2v) is 6.03. The number of ether oxygens (including phenoxy) is 1. The molecule has 1 aliphatic rings. The molecule has 0 spiro atoms. The number of hydrogen-bond acceptors (Lipinski definition) is 5. The number of carbonyl (C=O) groups excluding carboxylic acids is 1. The fourth-order valence-electron chi connectivity index (χ4n) is 2.21. The van der Waals surface area contributed by atoms with Crippen LogP contribution >= 0.6 is 11.8 Å². The van der Waals surface area contributed by atoms with E-state index in [9.17, 15) is 4.79 Å². The minimum absolute atomic E-state index is 0.229. The zero-order valence-corrected chi connectivity index (χ0v) is 13.2. The monoisotopic (exact) mass is 318 g/mol. The molecule has 1 amide bonds. The molecule has 1 saturated heterocycles. The van der Waals surface area contributed by atoms with E-state index in [4.69, 9.17) is 4.74 Å². The van der Waals surface area contributed by atoms with E-state index in [1.165, 1.54) is 17.3 Å². The number of carbonyl (C=O) groups is 1. The second kappa shape index (κ2) is 6.83. The Kier molecular flexibility index (Phi) is 4.62. The number of aryl methyl sites for hydroxylation is 1. The third-order valence-electron chi connectivity index (χ3n) is 3.54. The Bertz CT molecular complexity index is 641. The van der Waals surface area contributed by atoms with Crippen LogP contribution in [-0.4, -0.2) is 51.6 Å². The van der Waals surface area contributed by atoms with E-state index in [0.29, 0.717) is 24.9 Å². The van der Waals surface area contributed by atoms with Crippen LogP contribution in [0.25, 0.3) is 11.4 Å². The van der Waals surface area contributed by atoms with Gasteiger partial charge in [0.15, 0.2) is 5.82 Å². The van der Waals surface area contributed by atoms with Gasteiger partial charge in [0.1, 0.15) is 6.61 Å². The standard InChI is InChI=1S/C15H18N4O2S/c1-2-11-3-5-12(6-4-11)13-16-14(18-17-13)22-10-8-19-7-9-21-15(19)20/h3-6H,2,7-10H2,1H3,(H,16,17,18). The third-order valence-corrected chi connectivity index (χ3v) is 4.37. The minimum atomic E-state index is -0.229. The summed E-state index contributed by atoms with van der Waals surface area (Å²) in [5, 5.41) is 7.87. The minimum Gasteiger partial charge on any atom is -0.448 e. The number of amides is 1. The molecular formula is C15H18N4O2S. The van der Waals surface area contributed by atoms with Gasteiger partial charge in [-0.15, -0.1) is 5.10 Å². The quantitative estimate of drug-likeness (QED) is 0.829. The number of hydrogen-bond donors (Lipinski definition) is 1. The summed E-state index contributed by atoms with van der Waals surface area (Å²) in [4.78, 5) is 17.5. The van der Waals surface area contributed by atoms with Crippen LogP contribution in [0.2, 0.25) is 0 Å². The summed E-state index contributed by atoms with van der Waals surface area (Å²) >= 11 is 1.53. The lowest BCUT2D eigenvalue weighted by molar-refractivity contribution is 0.160. The van der Waals surface area contributed by atoms with E-state index in [-0.39, 0.29) is 6.09 Å². The summed E-state index contributed by atoms with van der Waals surface area (Å²) in [6, 6.07) is 8.30. The average molecular weight is 318 g/mol. The maximum atomic E-state index is 11.3. The first-order valence-corrected chi connectivity index (χ1v) is 8.31. The lowest BCUT2D eigenvalue weighted by Gasteiger charge is -2.10. The number of nitrogens with zero attached hydrogens (tertiary/aromatic N) is 3. The Morgan fingerprint density at radius 2 is 2.18 bits per heavy atom. The van der Waals surface area contributed by atoms with Crippen molar-refractivity contribution >= 4 is 17.9 Å². The van der Waals surface area contributed by atoms with E-state index in [0.717, 1.165) is 23.6 Å². The Balaban J connectivity index is 1.55. The van der Waals surface area contributed by atoms with Gasteiger partial charge in [-0.1, -0.05) is 43.0 Å². The van der Waals surface area contributed by atoms with Gasteiger partial charge in [-0.2, -0.15) is 0 Å². The van der Waals surface area contributed by atoms with Gasteiger partial charge in [-0.05, 0) is 12.0 Å². The molecule has 1 aromatic heterocycles. The summed E-state index contributed by atoms with van der Waals surface area (Å²) in [7, 11) is 0. The molecule has 3 rings (SSSR count). The van der Waals surface area contributed by atoms with Crippen molar-refractivity contribution in [2.24, 2.45) is 0 Å². The van der Waals surface area contributed by atoms with E-state index in [2.05, 4.69) is 34.2 Å². The van der Waals surface area contributed by atoms with E-state index < -0.39 is 0 Å². The maximum absolute atomic E-state index is 11.3. The SMILES string of the molecule is CCc1ccc(-c2nc(SCCN3CCOC3=O)n[nH]2)cc1. The number of cyclic esters (lactones) is 1. The second-order valence-electron chi connectivity index (χ2n) is 4.97. The number of H-pyrrole nitrogens is 1. The first kappa shape index (κ1) is 14.9. The molecule has 0 radical (unpaired) electrons. The summed E-state index contributed by atoms with van der Waals surface area (Å²) in [6.07, 6.45) is 0.795. The third kappa shape index (κ3) is 3.41. The number of aromatic amines is 1. The number of aromatic nitrogens is 3. The molecule has 2 aromatic rings. The number of nitrogens with one attached hydrogen (secondary N) is 1. The van der Waals surface area contributed by atoms with Crippen LogP contribution in [0.5, 0.6) is 0 Å². The zero-order valence-electron chi connectivity index (χ0n) is 12.4. The summed E-state index contributed by atoms with van der Waals surface area (Å²) < 4.78 is 4.89. The normalized spacial score (nSPS) is 14.4. The molecule has 6 nitrogen and oxygen atoms in total. The van der Waals surface area contributed by atoms with Crippen molar-refractivity contribution in [2.75, 3.05) is 25.4 Å². The molecule has 0 atom stereocenters. The molecule has 7 heteroatoms. The largest absolute Gasteiger partial charge is 0.448 e. The Hall–Kier alpha value is -2.02. The zero-order chi connectivity index (χ0) is 15.4. The van der Waals surface area contributed by atoms with Crippen molar-refractivity contribution in [3.05, 3.63) is 29.8 Å². The lowest BCUT2D eigenvalue weighted by atomic mass is 10.1. The fourth-order valence-corrected chi connectivity index (χ4v) is 2.97. The molecule has 2 heterocycles. The molecule has 0 aliphatic carbocycles. The van der Waals surface area contributed by atoms with Crippen molar-refractivity contribution in [3.63, 3.8) is 0 Å². The van der Waals surface area contributed by atoms with Gasteiger partial charge < -0.3 is 9.64 Å². The highest BCUT2D eigenvalue weighted by molar-refractivity contribution is 7.99.